The number of aliphatic hydroxyl groups is 2. The average Bonchev–Trinajstić information content (AvgIpc) is 3.21. The van der Waals surface area contributed by atoms with Gasteiger partial charge >= 0.3 is 5.69 Å². The zero-order valence-electron chi connectivity index (χ0n) is 18.3. The summed E-state index contributed by atoms with van der Waals surface area (Å²) in [6.07, 6.45) is 8.48. The van der Waals surface area contributed by atoms with Crippen LogP contribution in [0.1, 0.15) is 51.0 Å². The standard InChI is InChI=1S/C25H35N3O3/c29-16-20(30)14-27-22-3-1-2-4-23(22)28(24(27)31)19-7-11-26(12-8-19)15-21-17-5-6-18(13-17)25(21)9-10-25/h1-4,17-21,29-30H,5-16H2/t17-,18+,20+,21+/m0/s1. The number of hydrogen-bond acceptors (Lipinski definition) is 4. The van der Waals surface area contributed by atoms with Gasteiger partial charge in [0, 0.05) is 25.7 Å². The number of aromatic nitrogens is 2. The fourth-order valence-electron chi connectivity index (χ4n) is 7.60. The Hall–Kier alpha value is -1.63. The highest BCUT2D eigenvalue weighted by atomic mass is 16.3. The molecule has 3 aliphatic carbocycles. The van der Waals surface area contributed by atoms with Crippen LogP contribution in [0.2, 0.25) is 0 Å². The summed E-state index contributed by atoms with van der Waals surface area (Å²) in [5, 5.41) is 19.2. The minimum atomic E-state index is -0.921. The second kappa shape index (κ2) is 7.46. The number of imidazole rings is 1. The molecule has 1 aromatic carbocycles. The van der Waals surface area contributed by atoms with E-state index in [0.717, 1.165) is 60.1 Å². The maximum Gasteiger partial charge on any atom is 0.329 e. The average molecular weight is 426 g/mol. The lowest BCUT2D eigenvalue weighted by molar-refractivity contribution is 0.0806. The Morgan fingerprint density at radius 3 is 2.52 bits per heavy atom. The van der Waals surface area contributed by atoms with Crippen LogP contribution in [0.4, 0.5) is 0 Å². The van der Waals surface area contributed by atoms with Crippen LogP contribution in [0.25, 0.3) is 11.0 Å². The van der Waals surface area contributed by atoms with Crippen LogP contribution < -0.4 is 5.69 Å². The fourth-order valence-corrected chi connectivity index (χ4v) is 7.60. The predicted octanol–water partition coefficient (Wildman–Crippen LogP) is 2.62. The molecule has 1 saturated heterocycles. The molecule has 4 fully saturated rings. The minimum absolute atomic E-state index is 0.0582. The second-order valence-electron chi connectivity index (χ2n) is 10.7. The van der Waals surface area contributed by atoms with Gasteiger partial charge in [-0.05, 0) is 80.2 Å². The molecule has 6 heteroatoms. The highest BCUT2D eigenvalue weighted by molar-refractivity contribution is 5.76. The number of piperidine rings is 1. The largest absolute Gasteiger partial charge is 0.394 e. The van der Waals surface area contributed by atoms with Crippen LogP contribution in [0.3, 0.4) is 0 Å². The van der Waals surface area contributed by atoms with Gasteiger partial charge in [0.15, 0.2) is 0 Å². The van der Waals surface area contributed by atoms with Crippen molar-refractivity contribution in [3.63, 3.8) is 0 Å². The Morgan fingerprint density at radius 1 is 1.06 bits per heavy atom. The van der Waals surface area contributed by atoms with Crippen molar-refractivity contribution in [3.8, 4) is 0 Å². The predicted molar refractivity (Wildman–Crippen MR) is 120 cm³/mol. The molecule has 0 amide bonds. The van der Waals surface area contributed by atoms with Crippen molar-refractivity contribution in [2.24, 2.45) is 23.2 Å². The van der Waals surface area contributed by atoms with Gasteiger partial charge in [-0.1, -0.05) is 12.1 Å². The molecule has 168 valence electrons. The van der Waals surface area contributed by atoms with Crippen LogP contribution >= 0.6 is 0 Å². The molecule has 1 spiro atoms. The summed E-state index contributed by atoms with van der Waals surface area (Å²) in [5.74, 6) is 2.93. The third-order valence-corrected chi connectivity index (χ3v) is 9.27. The van der Waals surface area contributed by atoms with E-state index < -0.39 is 6.10 Å². The fraction of sp³-hybridized carbons (Fsp3) is 0.720. The summed E-state index contributed by atoms with van der Waals surface area (Å²) in [6.45, 7) is 3.20. The van der Waals surface area contributed by atoms with E-state index in [0.29, 0.717) is 0 Å². The molecule has 31 heavy (non-hydrogen) atoms. The molecular formula is C25H35N3O3. The van der Waals surface area contributed by atoms with Gasteiger partial charge in [-0.2, -0.15) is 0 Å². The molecule has 4 atom stereocenters. The molecule has 2 N–H and O–H groups in total. The molecule has 6 nitrogen and oxygen atoms in total. The van der Waals surface area contributed by atoms with Crippen LogP contribution in [0, 0.1) is 23.2 Å². The number of likely N-dealkylation sites (tertiary alicyclic amines) is 1. The van der Waals surface area contributed by atoms with Gasteiger partial charge in [0.05, 0.1) is 30.3 Å². The van der Waals surface area contributed by atoms with Crippen LogP contribution in [-0.2, 0) is 6.54 Å². The number of para-hydroxylation sites is 2. The molecule has 0 radical (unpaired) electrons. The highest BCUT2D eigenvalue weighted by Crippen LogP contribution is 2.71. The third-order valence-electron chi connectivity index (χ3n) is 9.27. The minimum Gasteiger partial charge on any atom is -0.394 e. The van der Waals surface area contributed by atoms with Crippen molar-refractivity contribution in [1.82, 2.24) is 14.0 Å². The Morgan fingerprint density at radius 2 is 1.81 bits per heavy atom. The van der Waals surface area contributed by atoms with Crippen molar-refractivity contribution in [3.05, 3.63) is 34.7 Å². The van der Waals surface area contributed by atoms with Gasteiger partial charge in [0.25, 0.3) is 0 Å². The summed E-state index contributed by atoms with van der Waals surface area (Å²) in [7, 11) is 0. The summed E-state index contributed by atoms with van der Waals surface area (Å²) in [4.78, 5) is 16.0. The number of fused-ring (bicyclic) bond motifs is 4. The molecule has 1 aliphatic heterocycles. The topological polar surface area (TPSA) is 70.6 Å². The highest BCUT2D eigenvalue weighted by Gasteiger charge is 2.63. The van der Waals surface area contributed by atoms with Crippen molar-refractivity contribution < 1.29 is 10.2 Å². The molecule has 1 aromatic heterocycles. The number of nitrogens with zero attached hydrogens (tertiary/aromatic N) is 3. The lowest BCUT2D eigenvalue weighted by Gasteiger charge is -2.39. The van der Waals surface area contributed by atoms with E-state index in [9.17, 15) is 15.0 Å². The second-order valence-corrected chi connectivity index (χ2v) is 10.7. The lowest BCUT2D eigenvalue weighted by Crippen LogP contribution is -2.42. The van der Waals surface area contributed by atoms with E-state index in [4.69, 9.17) is 0 Å². The van der Waals surface area contributed by atoms with Gasteiger partial charge < -0.3 is 15.1 Å². The van der Waals surface area contributed by atoms with Crippen molar-refractivity contribution in [2.45, 2.75) is 63.6 Å². The Labute approximate surface area is 183 Å². The van der Waals surface area contributed by atoms with Gasteiger partial charge in [-0.25, -0.2) is 4.79 Å². The van der Waals surface area contributed by atoms with Gasteiger partial charge in [0.1, 0.15) is 0 Å². The smallest absolute Gasteiger partial charge is 0.329 e. The Balaban J connectivity index is 1.19. The van der Waals surface area contributed by atoms with E-state index in [1.807, 2.05) is 28.8 Å². The Kier molecular flexibility index (Phi) is 4.82. The van der Waals surface area contributed by atoms with E-state index in [2.05, 4.69) is 4.90 Å². The molecule has 0 unspecified atom stereocenters. The molecule has 2 bridgehead atoms. The molecular weight excluding hydrogens is 390 g/mol. The number of benzene rings is 1. The number of aliphatic hydroxyl groups excluding tert-OH is 2. The van der Waals surface area contributed by atoms with E-state index in [1.54, 1.807) is 4.57 Å². The first-order valence-electron chi connectivity index (χ1n) is 12.3. The van der Waals surface area contributed by atoms with Crippen LogP contribution in [0.15, 0.2) is 29.1 Å². The van der Waals surface area contributed by atoms with Crippen LogP contribution in [-0.4, -0.2) is 56.6 Å². The summed E-state index contributed by atoms with van der Waals surface area (Å²) >= 11 is 0. The van der Waals surface area contributed by atoms with E-state index in [1.165, 1.54) is 38.6 Å². The lowest BCUT2D eigenvalue weighted by atomic mass is 9.76. The molecule has 2 heterocycles. The first-order chi connectivity index (χ1) is 15.1. The number of rotatable bonds is 6. The first kappa shape index (κ1) is 20.0. The Bertz CT molecular complexity index is 1010. The van der Waals surface area contributed by atoms with E-state index in [-0.39, 0.29) is 24.9 Å². The molecule has 3 saturated carbocycles. The quantitative estimate of drug-likeness (QED) is 0.747. The summed E-state index contributed by atoms with van der Waals surface area (Å²) in [5.41, 5.74) is 2.45. The maximum absolute atomic E-state index is 13.3. The van der Waals surface area contributed by atoms with E-state index >= 15 is 0 Å². The molecule has 4 aliphatic rings. The monoisotopic (exact) mass is 425 g/mol. The zero-order chi connectivity index (χ0) is 21.2. The number of hydrogen-bond donors (Lipinski definition) is 2. The van der Waals surface area contributed by atoms with Crippen molar-refractivity contribution in [2.75, 3.05) is 26.2 Å². The van der Waals surface area contributed by atoms with Crippen molar-refractivity contribution in [1.29, 1.82) is 0 Å². The zero-order valence-corrected chi connectivity index (χ0v) is 18.3. The van der Waals surface area contributed by atoms with Crippen LogP contribution in [0.5, 0.6) is 0 Å². The SMILES string of the molecule is O=c1n(C[C@@H](O)CO)c2ccccc2n1C1CCN(C[C@@H]2[C@H]3CC[C@H](C3)C23CC3)CC1. The molecule has 6 rings (SSSR count). The van der Waals surface area contributed by atoms with Crippen molar-refractivity contribution >= 4 is 11.0 Å². The normalized spacial score (nSPS) is 31.1. The van der Waals surface area contributed by atoms with Gasteiger partial charge in [-0.3, -0.25) is 9.13 Å². The maximum atomic E-state index is 13.3. The van der Waals surface area contributed by atoms with Gasteiger partial charge in [0.2, 0.25) is 0 Å². The third kappa shape index (κ3) is 3.13. The van der Waals surface area contributed by atoms with Gasteiger partial charge in [-0.15, -0.1) is 0 Å². The summed E-state index contributed by atoms with van der Waals surface area (Å²) < 4.78 is 3.59. The summed E-state index contributed by atoms with van der Waals surface area (Å²) in [6, 6.07) is 8.06. The first-order valence-corrected chi connectivity index (χ1v) is 12.3. The molecule has 2 aromatic rings.